The molecule has 7 heteroatoms. The van der Waals surface area contributed by atoms with Gasteiger partial charge in [0.1, 0.15) is 0 Å². The van der Waals surface area contributed by atoms with Crippen LogP contribution in [0.5, 0.6) is 0 Å². The number of carboxylic acid groups (broad SMARTS) is 1. The molecule has 0 bridgehead atoms. The van der Waals surface area contributed by atoms with Crippen LogP contribution in [0.3, 0.4) is 0 Å². The molecule has 1 aromatic rings. The topological polar surface area (TPSA) is 60.8 Å². The second-order valence-electron chi connectivity index (χ2n) is 3.82. The van der Waals surface area contributed by atoms with Gasteiger partial charge in [-0.05, 0) is 23.1 Å². The zero-order valence-electron chi connectivity index (χ0n) is 10.1. The number of carboxylic acids is 1. The third-order valence-corrected chi connectivity index (χ3v) is 3.29. The van der Waals surface area contributed by atoms with Crippen molar-refractivity contribution in [1.29, 1.82) is 0 Å². The van der Waals surface area contributed by atoms with E-state index in [1.54, 1.807) is 11.4 Å². The molecular formula is C12H15F2NO3S. The van der Waals surface area contributed by atoms with Gasteiger partial charge in [0.05, 0.1) is 13.2 Å². The zero-order chi connectivity index (χ0) is 14.3. The molecule has 0 fully saturated rings. The van der Waals surface area contributed by atoms with E-state index in [-0.39, 0.29) is 19.7 Å². The Morgan fingerprint density at radius 2 is 2.26 bits per heavy atom. The van der Waals surface area contributed by atoms with Crippen molar-refractivity contribution in [2.24, 2.45) is 0 Å². The maximum absolute atomic E-state index is 12.4. The number of aliphatic carboxylic acids is 1. The fraction of sp³-hybridized carbons (Fsp3) is 0.417. The zero-order valence-corrected chi connectivity index (χ0v) is 10.9. The van der Waals surface area contributed by atoms with Crippen LogP contribution in [0.1, 0.15) is 10.4 Å². The molecule has 0 radical (unpaired) electrons. The lowest BCUT2D eigenvalue weighted by Crippen LogP contribution is -2.31. The number of rotatable bonds is 8. The first-order chi connectivity index (χ1) is 9.02. The smallest absolute Gasteiger partial charge is 0.328 e. The minimum atomic E-state index is -2.47. The van der Waals surface area contributed by atoms with Crippen LogP contribution in [0, 0.1) is 0 Å². The summed E-state index contributed by atoms with van der Waals surface area (Å²) in [7, 11) is 0. The molecule has 0 spiro atoms. The van der Waals surface area contributed by atoms with Crippen LogP contribution in [0.15, 0.2) is 17.5 Å². The number of hydrogen-bond donors (Lipinski definition) is 2. The van der Waals surface area contributed by atoms with E-state index >= 15 is 0 Å². The molecule has 0 saturated heterocycles. The summed E-state index contributed by atoms with van der Waals surface area (Å²) in [5.41, 5.74) is 0.699. The van der Waals surface area contributed by atoms with Gasteiger partial charge in [0.15, 0.2) is 0 Å². The van der Waals surface area contributed by atoms with Gasteiger partial charge in [0.25, 0.3) is 6.43 Å². The molecule has 1 rings (SSSR count). The Kier molecular flexibility index (Phi) is 6.61. The van der Waals surface area contributed by atoms with Crippen molar-refractivity contribution in [3.63, 3.8) is 0 Å². The van der Waals surface area contributed by atoms with Gasteiger partial charge in [0, 0.05) is 24.0 Å². The van der Waals surface area contributed by atoms with Crippen molar-refractivity contribution in [3.05, 3.63) is 28.0 Å². The van der Waals surface area contributed by atoms with Crippen LogP contribution >= 0.6 is 11.3 Å². The third-order valence-electron chi connectivity index (χ3n) is 2.36. The van der Waals surface area contributed by atoms with E-state index in [0.717, 1.165) is 11.0 Å². The van der Waals surface area contributed by atoms with Crippen molar-refractivity contribution in [3.8, 4) is 0 Å². The lowest BCUT2D eigenvalue weighted by molar-refractivity contribution is -0.131. The number of carbonyl (C=O) groups is 1. The first-order valence-electron chi connectivity index (χ1n) is 5.61. The number of thiophene rings is 1. The Morgan fingerprint density at radius 3 is 2.84 bits per heavy atom. The highest BCUT2D eigenvalue weighted by Gasteiger charge is 2.14. The summed E-state index contributed by atoms with van der Waals surface area (Å²) in [6, 6.07) is 1.74. The van der Waals surface area contributed by atoms with Crippen LogP contribution in [-0.4, -0.2) is 47.2 Å². The second-order valence-corrected chi connectivity index (χ2v) is 4.82. The summed E-state index contributed by atoms with van der Waals surface area (Å²) in [6.45, 7) is -0.189. The Morgan fingerprint density at radius 1 is 1.53 bits per heavy atom. The summed E-state index contributed by atoms with van der Waals surface area (Å²) < 4.78 is 24.8. The van der Waals surface area contributed by atoms with Crippen LogP contribution in [-0.2, 0) is 11.3 Å². The average Bonchev–Trinajstić information content (AvgIpc) is 2.73. The van der Waals surface area contributed by atoms with Crippen LogP contribution < -0.4 is 0 Å². The molecule has 0 aliphatic heterocycles. The van der Waals surface area contributed by atoms with Crippen molar-refractivity contribution < 1.29 is 23.8 Å². The average molecular weight is 291 g/mol. The monoisotopic (exact) mass is 291 g/mol. The van der Waals surface area contributed by atoms with Crippen LogP contribution in [0.25, 0.3) is 6.08 Å². The van der Waals surface area contributed by atoms with E-state index in [9.17, 15) is 13.6 Å². The molecule has 0 aliphatic carbocycles. The Bertz CT molecular complexity index is 434. The second kappa shape index (κ2) is 7.98. The van der Waals surface area contributed by atoms with Gasteiger partial charge >= 0.3 is 5.97 Å². The van der Waals surface area contributed by atoms with E-state index in [2.05, 4.69) is 0 Å². The number of aliphatic hydroxyl groups is 1. The normalized spacial score (nSPS) is 11.8. The number of aliphatic hydroxyl groups excluding tert-OH is 1. The predicted molar refractivity (Wildman–Crippen MR) is 69.4 cm³/mol. The minimum Gasteiger partial charge on any atom is -0.478 e. The summed E-state index contributed by atoms with van der Waals surface area (Å²) in [5, 5.41) is 19.2. The van der Waals surface area contributed by atoms with Crippen molar-refractivity contribution >= 4 is 23.4 Å². The molecule has 0 saturated carbocycles. The fourth-order valence-corrected chi connectivity index (χ4v) is 2.47. The molecule has 0 aromatic carbocycles. The molecule has 0 atom stereocenters. The summed E-state index contributed by atoms with van der Waals surface area (Å²) in [6.07, 6.45) is -0.0209. The highest BCUT2D eigenvalue weighted by Crippen LogP contribution is 2.20. The van der Waals surface area contributed by atoms with Gasteiger partial charge in [-0.2, -0.15) is 0 Å². The quantitative estimate of drug-likeness (QED) is 0.718. The number of alkyl halides is 2. The standard InChI is InChI=1S/C12H15F2NO3S/c13-11(14)8-15(4-5-16)7-10-9(3-6-19-10)1-2-12(17)18/h1-3,6,11,16H,4-5,7-8H2,(H,17,18)/b2-1+. The van der Waals surface area contributed by atoms with Gasteiger partial charge in [-0.15, -0.1) is 11.3 Å². The molecule has 1 aromatic heterocycles. The van der Waals surface area contributed by atoms with E-state index < -0.39 is 18.9 Å². The van der Waals surface area contributed by atoms with Crippen molar-refractivity contribution in [1.82, 2.24) is 4.90 Å². The number of halogens is 2. The Labute approximate surface area is 113 Å². The Balaban J connectivity index is 2.73. The van der Waals surface area contributed by atoms with Gasteiger partial charge < -0.3 is 10.2 Å². The molecule has 19 heavy (non-hydrogen) atoms. The summed E-state index contributed by atoms with van der Waals surface area (Å²) in [5.74, 6) is -1.06. The van der Waals surface area contributed by atoms with E-state index in [1.807, 2.05) is 0 Å². The van der Waals surface area contributed by atoms with E-state index in [1.165, 1.54) is 22.3 Å². The highest BCUT2D eigenvalue weighted by molar-refractivity contribution is 7.10. The molecule has 4 nitrogen and oxygen atoms in total. The summed E-state index contributed by atoms with van der Waals surface area (Å²) in [4.78, 5) is 12.7. The van der Waals surface area contributed by atoms with Gasteiger partial charge in [-0.3, -0.25) is 4.90 Å². The highest BCUT2D eigenvalue weighted by atomic mass is 32.1. The minimum absolute atomic E-state index is 0.157. The lowest BCUT2D eigenvalue weighted by Gasteiger charge is -2.20. The molecule has 106 valence electrons. The molecule has 2 N–H and O–H groups in total. The maximum atomic E-state index is 12.4. The van der Waals surface area contributed by atoms with E-state index in [0.29, 0.717) is 5.56 Å². The van der Waals surface area contributed by atoms with Crippen molar-refractivity contribution in [2.45, 2.75) is 13.0 Å². The maximum Gasteiger partial charge on any atom is 0.328 e. The van der Waals surface area contributed by atoms with Crippen LogP contribution in [0.2, 0.25) is 0 Å². The largest absolute Gasteiger partial charge is 0.478 e. The molecular weight excluding hydrogens is 276 g/mol. The number of hydrogen-bond acceptors (Lipinski definition) is 4. The molecule has 0 aliphatic rings. The SMILES string of the molecule is O=C(O)/C=C/c1ccsc1CN(CCO)CC(F)F. The molecule has 1 heterocycles. The molecule has 0 amide bonds. The third kappa shape index (κ3) is 5.91. The first-order valence-corrected chi connectivity index (χ1v) is 6.49. The van der Waals surface area contributed by atoms with Gasteiger partial charge in [-0.25, -0.2) is 13.6 Å². The first kappa shape index (κ1) is 15.7. The fourth-order valence-electron chi connectivity index (χ4n) is 1.56. The van der Waals surface area contributed by atoms with Gasteiger partial charge in [0.2, 0.25) is 0 Å². The lowest BCUT2D eigenvalue weighted by atomic mass is 10.2. The van der Waals surface area contributed by atoms with E-state index in [4.69, 9.17) is 10.2 Å². The van der Waals surface area contributed by atoms with Crippen molar-refractivity contribution in [2.75, 3.05) is 19.7 Å². The Hall–Kier alpha value is -1.31. The molecule has 0 unspecified atom stereocenters. The number of nitrogens with zero attached hydrogens (tertiary/aromatic N) is 1. The van der Waals surface area contributed by atoms with Gasteiger partial charge in [-0.1, -0.05) is 0 Å². The van der Waals surface area contributed by atoms with Crippen LogP contribution in [0.4, 0.5) is 8.78 Å². The summed E-state index contributed by atoms with van der Waals surface area (Å²) >= 11 is 1.37. The predicted octanol–water partition coefficient (Wildman–Crippen LogP) is 1.91.